The van der Waals surface area contributed by atoms with Gasteiger partial charge < -0.3 is 19.9 Å². The fourth-order valence-corrected chi connectivity index (χ4v) is 4.13. The summed E-state index contributed by atoms with van der Waals surface area (Å²) in [5, 5.41) is 9.17. The van der Waals surface area contributed by atoms with Gasteiger partial charge in [0.2, 0.25) is 0 Å². The van der Waals surface area contributed by atoms with Gasteiger partial charge in [-0.25, -0.2) is 0 Å². The molecule has 1 aliphatic heterocycles. The fourth-order valence-electron chi connectivity index (χ4n) is 4.13. The number of rotatable bonds is 4. The Labute approximate surface area is 182 Å². The summed E-state index contributed by atoms with van der Waals surface area (Å²) in [6, 6.07) is 19.5. The van der Waals surface area contributed by atoms with Crippen molar-refractivity contribution in [2.75, 3.05) is 25.1 Å². The number of aromatic nitrogens is 1. The molecule has 31 heavy (non-hydrogen) atoms. The van der Waals surface area contributed by atoms with Crippen LogP contribution in [0.15, 0.2) is 59.4 Å². The molecule has 0 radical (unpaired) electrons. The van der Waals surface area contributed by atoms with Crippen molar-refractivity contribution in [3.63, 3.8) is 0 Å². The maximum atomic E-state index is 13.4. The largest absolute Gasteiger partial charge is 0.497 e. The third-order valence-electron chi connectivity index (χ3n) is 5.96. The lowest BCUT2D eigenvalue weighted by atomic mass is 9.96. The molecular formula is C25H26N4O2. The molecule has 1 aromatic heterocycles. The van der Waals surface area contributed by atoms with Crippen molar-refractivity contribution in [1.29, 1.82) is 5.26 Å². The zero-order valence-corrected chi connectivity index (χ0v) is 17.8. The smallest absolute Gasteiger partial charge is 0.274 e. The van der Waals surface area contributed by atoms with E-state index in [1.54, 1.807) is 23.8 Å². The molecule has 0 atom stereocenters. The van der Waals surface area contributed by atoms with Crippen LogP contribution in [0.25, 0.3) is 22.4 Å². The normalized spacial score (nSPS) is 14.3. The Morgan fingerprint density at radius 1 is 1.03 bits per heavy atom. The molecular weight excluding hydrogens is 388 g/mol. The molecule has 0 unspecified atom stereocenters. The summed E-state index contributed by atoms with van der Waals surface area (Å²) in [7, 11) is 3.44. The van der Waals surface area contributed by atoms with Gasteiger partial charge in [-0.05, 0) is 66.4 Å². The first-order valence-electron chi connectivity index (χ1n) is 10.4. The minimum Gasteiger partial charge on any atom is -0.497 e. The topological polar surface area (TPSA) is 84.3 Å². The van der Waals surface area contributed by atoms with Crippen molar-refractivity contribution < 1.29 is 4.74 Å². The number of nitriles is 1. The monoisotopic (exact) mass is 414 g/mol. The first-order chi connectivity index (χ1) is 15.0. The van der Waals surface area contributed by atoms with E-state index in [9.17, 15) is 10.1 Å². The second-order valence-corrected chi connectivity index (χ2v) is 7.90. The molecule has 6 heteroatoms. The average Bonchev–Trinajstić information content (AvgIpc) is 2.81. The molecule has 1 aliphatic rings. The minimum absolute atomic E-state index is 0.0290. The molecule has 3 aromatic rings. The maximum absolute atomic E-state index is 13.4. The standard InChI is InChI=1S/C25H26N4O2/c1-28-24(19-7-9-21(31-2)10-8-19)22(18-5-3-17(16-26)4-6-18)15-23(25(28)30)29-13-11-20(27)12-14-29/h3-10,15,20H,11-14,27H2,1-2H3. The van der Waals surface area contributed by atoms with Gasteiger partial charge in [-0.2, -0.15) is 5.26 Å². The van der Waals surface area contributed by atoms with Gasteiger partial charge in [0.1, 0.15) is 11.4 Å². The van der Waals surface area contributed by atoms with Gasteiger partial charge in [-0.3, -0.25) is 4.79 Å². The summed E-state index contributed by atoms with van der Waals surface area (Å²) in [4.78, 5) is 15.5. The number of ether oxygens (including phenoxy) is 1. The number of nitrogens with zero attached hydrogens (tertiary/aromatic N) is 3. The first-order valence-corrected chi connectivity index (χ1v) is 10.4. The number of piperidine rings is 1. The molecule has 158 valence electrons. The van der Waals surface area contributed by atoms with Crippen LogP contribution in [0.4, 0.5) is 5.69 Å². The van der Waals surface area contributed by atoms with E-state index in [0.717, 1.165) is 54.1 Å². The summed E-state index contributed by atoms with van der Waals surface area (Å²) in [5.41, 5.74) is 11.0. The van der Waals surface area contributed by atoms with E-state index in [-0.39, 0.29) is 11.6 Å². The average molecular weight is 415 g/mol. The van der Waals surface area contributed by atoms with Crippen LogP contribution in [0.5, 0.6) is 5.75 Å². The first kappa shape index (κ1) is 20.7. The molecule has 0 saturated carbocycles. The van der Waals surface area contributed by atoms with Crippen LogP contribution in [0.1, 0.15) is 18.4 Å². The summed E-state index contributed by atoms with van der Waals surface area (Å²) in [6.45, 7) is 1.54. The van der Waals surface area contributed by atoms with Crippen LogP contribution in [0.3, 0.4) is 0 Å². The Balaban J connectivity index is 1.90. The lowest BCUT2D eigenvalue weighted by Crippen LogP contribution is -2.42. The Kier molecular flexibility index (Phi) is 5.79. The van der Waals surface area contributed by atoms with Crippen molar-refractivity contribution in [3.05, 3.63) is 70.5 Å². The van der Waals surface area contributed by atoms with E-state index in [1.165, 1.54) is 0 Å². The van der Waals surface area contributed by atoms with Gasteiger partial charge in [-0.15, -0.1) is 0 Å². The van der Waals surface area contributed by atoms with Gasteiger partial charge in [0.05, 0.1) is 24.4 Å². The number of nitrogens with two attached hydrogens (primary N) is 1. The Bertz CT molecular complexity index is 1170. The third kappa shape index (κ3) is 4.05. The second kappa shape index (κ2) is 8.66. The van der Waals surface area contributed by atoms with Crippen LogP contribution in [-0.4, -0.2) is 30.8 Å². The van der Waals surface area contributed by atoms with Crippen molar-refractivity contribution >= 4 is 5.69 Å². The van der Waals surface area contributed by atoms with Gasteiger partial charge >= 0.3 is 0 Å². The minimum atomic E-state index is -0.0290. The van der Waals surface area contributed by atoms with E-state index in [1.807, 2.05) is 49.5 Å². The summed E-state index contributed by atoms with van der Waals surface area (Å²) < 4.78 is 7.01. The highest BCUT2D eigenvalue weighted by atomic mass is 16.5. The predicted octanol–water partition coefficient (Wildman–Crippen LogP) is 3.53. The molecule has 1 saturated heterocycles. The quantitative estimate of drug-likeness (QED) is 0.706. The molecule has 6 nitrogen and oxygen atoms in total. The number of pyridine rings is 1. The zero-order valence-electron chi connectivity index (χ0n) is 17.8. The Hall–Kier alpha value is -3.56. The van der Waals surface area contributed by atoms with Crippen LogP contribution in [0.2, 0.25) is 0 Å². The van der Waals surface area contributed by atoms with Crippen LogP contribution in [0, 0.1) is 11.3 Å². The lowest BCUT2D eigenvalue weighted by molar-refractivity contribution is 0.415. The van der Waals surface area contributed by atoms with Crippen LogP contribution in [-0.2, 0) is 7.05 Å². The molecule has 2 aromatic carbocycles. The molecule has 0 spiro atoms. The van der Waals surface area contributed by atoms with Crippen molar-refractivity contribution in [3.8, 4) is 34.2 Å². The van der Waals surface area contributed by atoms with Crippen LogP contribution >= 0.6 is 0 Å². The van der Waals surface area contributed by atoms with Gasteiger partial charge in [-0.1, -0.05) is 12.1 Å². The highest BCUT2D eigenvalue weighted by Gasteiger charge is 2.22. The molecule has 0 amide bonds. The SMILES string of the molecule is COc1ccc(-c2c(-c3ccc(C#N)cc3)cc(N3CCC(N)CC3)c(=O)n2C)cc1. The molecule has 2 heterocycles. The van der Waals surface area contributed by atoms with E-state index in [2.05, 4.69) is 11.0 Å². The Morgan fingerprint density at radius 2 is 1.65 bits per heavy atom. The Morgan fingerprint density at radius 3 is 2.23 bits per heavy atom. The van der Waals surface area contributed by atoms with E-state index >= 15 is 0 Å². The lowest BCUT2D eigenvalue weighted by Gasteiger charge is -2.32. The number of benzene rings is 2. The molecule has 4 rings (SSSR count). The number of hydrogen-bond acceptors (Lipinski definition) is 5. The van der Waals surface area contributed by atoms with Gasteiger partial charge in [0.25, 0.3) is 5.56 Å². The van der Waals surface area contributed by atoms with E-state index in [4.69, 9.17) is 10.5 Å². The summed E-state index contributed by atoms with van der Waals surface area (Å²) >= 11 is 0. The van der Waals surface area contributed by atoms with Crippen LogP contribution < -0.4 is 20.9 Å². The van der Waals surface area contributed by atoms with E-state index < -0.39 is 0 Å². The number of anilines is 1. The van der Waals surface area contributed by atoms with Gasteiger partial charge in [0, 0.05) is 31.7 Å². The van der Waals surface area contributed by atoms with Crippen molar-refractivity contribution in [1.82, 2.24) is 4.57 Å². The second-order valence-electron chi connectivity index (χ2n) is 7.90. The van der Waals surface area contributed by atoms with Gasteiger partial charge in [0.15, 0.2) is 0 Å². The fraction of sp³-hybridized carbons (Fsp3) is 0.280. The molecule has 1 fully saturated rings. The predicted molar refractivity (Wildman–Crippen MR) is 123 cm³/mol. The summed E-state index contributed by atoms with van der Waals surface area (Å²) in [6.07, 6.45) is 1.74. The maximum Gasteiger partial charge on any atom is 0.274 e. The van der Waals surface area contributed by atoms with Crippen molar-refractivity contribution in [2.24, 2.45) is 12.8 Å². The van der Waals surface area contributed by atoms with Crippen molar-refractivity contribution in [2.45, 2.75) is 18.9 Å². The zero-order chi connectivity index (χ0) is 22.0. The third-order valence-corrected chi connectivity index (χ3v) is 5.96. The highest BCUT2D eigenvalue weighted by Crippen LogP contribution is 2.34. The summed E-state index contributed by atoms with van der Waals surface area (Å²) in [5.74, 6) is 0.759. The molecule has 2 N–H and O–H groups in total. The molecule has 0 bridgehead atoms. The number of methoxy groups -OCH3 is 1. The highest BCUT2D eigenvalue weighted by molar-refractivity contribution is 5.84. The molecule has 0 aliphatic carbocycles. The number of hydrogen-bond donors (Lipinski definition) is 1. The van der Waals surface area contributed by atoms with E-state index in [0.29, 0.717) is 11.3 Å².